The Morgan fingerprint density at radius 1 is 1.11 bits per heavy atom. The molecule has 0 spiro atoms. The van der Waals surface area contributed by atoms with Gasteiger partial charge in [-0.1, -0.05) is 33.3 Å². The predicted octanol–water partition coefficient (Wildman–Crippen LogP) is 4.09. The number of nitrogens with zero attached hydrogens (tertiary/aromatic N) is 2. The minimum absolute atomic E-state index is 0.174. The molecule has 0 amide bonds. The van der Waals surface area contributed by atoms with Crippen LogP contribution in [-0.2, 0) is 10.0 Å². The van der Waals surface area contributed by atoms with Crippen LogP contribution in [0.2, 0.25) is 0 Å². The molecule has 2 aromatic carbocycles. The number of benzene rings is 2. The summed E-state index contributed by atoms with van der Waals surface area (Å²) in [6.07, 6.45) is 0. The van der Waals surface area contributed by atoms with Gasteiger partial charge in [0.2, 0.25) is 0 Å². The Labute approximate surface area is 167 Å². The molecular weight excluding hydrogens is 450 g/mol. The summed E-state index contributed by atoms with van der Waals surface area (Å²) in [7, 11) is -4.09. The fourth-order valence-electron chi connectivity index (χ4n) is 2.89. The Bertz CT molecular complexity index is 1360. The summed E-state index contributed by atoms with van der Waals surface area (Å²) in [5, 5.41) is 0. The summed E-state index contributed by atoms with van der Waals surface area (Å²) in [5.41, 5.74) is 1.65. The van der Waals surface area contributed by atoms with Crippen molar-refractivity contribution in [3.05, 3.63) is 68.5 Å². The highest BCUT2D eigenvalue weighted by atomic mass is 79.9. The zero-order chi connectivity index (χ0) is 19.3. The minimum atomic E-state index is -4.09. The molecule has 0 atom stereocenters. The van der Waals surface area contributed by atoms with Gasteiger partial charge in [-0.25, -0.2) is 17.8 Å². The van der Waals surface area contributed by atoms with Gasteiger partial charge in [-0.15, -0.1) is 0 Å². The summed E-state index contributed by atoms with van der Waals surface area (Å²) in [6, 6.07) is 12.3. The van der Waals surface area contributed by atoms with E-state index in [0.29, 0.717) is 16.2 Å². The molecule has 2 heterocycles. The maximum absolute atomic E-state index is 13.1. The lowest BCUT2D eigenvalue weighted by Gasteiger charge is -2.10. The van der Waals surface area contributed by atoms with Crippen molar-refractivity contribution in [2.24, 2.45) is 0 Å². The molecular formula is C18H14BrN3O3S2. The molecule has 0 fully saturated rings. The van der Waals surface area contributed by atoms with Gasteiger partial charge in [0.1, 0.15) is 0 Å². The molecule has 4 rings (SSSR count). The summed E-state index contributed by atoms with van der Waals surface area (Å²) >= 11 is 4.67. The van der Waals surface area contributed by atoms with E-state index in [0.717, 1.165) is 14.7 Å². The standard InChI is InChI=1S/C18H14BrN3O3S2/c1-10-3-8-14-15(9-10)26-18-20-11(2)16(17(23)22(14)18)27(24,25)21-13-6-4-12(19)5-7-13/h3-9,21H,1-2H3. The Balaban J connectivity index is 1.94. The zero-order valence-electron chi connectivity index (χ0n) is 14.4. The van der Waals surface area contributed by atoms with Gasteiger partial charge in [0, 0.05) is 10.2 Å². The predicted molar refractivity (Wildman–Crippen MR) is 111 cm³/mol. The van der Waals surface area contributed by atoms with E-state index in [1.807, 2.05) is 25.1 Å². The number of fused-ring (bicyclic) bond motifs is 3. The highest BCUT2D eigenvalue weighted by Gasteiger charge is 2.25. The average Bonchev–Trinajstić information content (AvgIpc) is 2.93. The minimum Gasteiger partial charge on any atom is -0.279 e. The third-order valence-electron chi connectivity index (χ3n) is 4.10. The van der Waals surface area contributed by atoms with Crippen molar-refractivity contribution < 1.29 is 8.42 Å². The first-order valence-electron chi connectivity index (χ1n) is 7.97. The number of nitrogens with one attached hydrogen (secondary N) is 1. The van der Waals surface area contributed by atoms with Gasteiger partial charge in [-0.2, -0.15) is 0 Å². The van der Waals surface area contributed by atoms with Gasteiger partial charge in [0.15, 0.2) is 9.86 Å². The van der Waals surface area contributed by atoms with Crippen LogP contribution >= 0.6 is 27.3 Å². The van der Waals surface area contributed by atoms with Gasteiger partial charge < -0.3 is 0 Å². The summed E-state index contributed by atoms with van der Waals surface area (Å²) in [5.74, 6) is 0. The van der Waals surface area contributed by atoms with E-state index in [2.05, 4.69) is 25.6 Å². The highest BCUT2D eigenvalue weighted by molar-refractivity contribution is 9.10. The first-order chi connectivity index (χ1) is 12.8. The monoisotopic (exact) mass is 463 g/mol. The average molecular weight is 464 g/mol. The van der Waals surface area contributed by atoms with Gasteiger partial charge in [0.25, 0.3) is 15.6 Å². The van der Waals surface area contributed by atoms with Crippen LogP contribution in [0.15, 0.2) is 56.6 Å². The lowest BCUT2D eigenvalue weighted by Crippen LogP contribution is -2.27. The first-order valence-corrected chi connectivity index (χ1v) is 11.1. The molecule has 0 aliphatic rings. The maximum atomic E-state index is 13.1. The van der Waals surface area contributed by atoms with E-state index in [1.54, 1.807) is 24.3 Å². The van der Waals surface area contributed by atoms with Crippen LogP contribution < -0.4 is 10.3 Å². The van der Waals surface area contributed by atoms with Crippen molar-refractivity contribution in [1.29, 1.82) is 0 Å². The summed E-state index contributed by atoms with van der Waals surface area (Å²) < 4.78 is 31.4. The third-order valence-corrected chi connectivity index (χ3v) is 7.15. The molecule has 0 saturated carbocycles. The van der Waals surface area contributed by atoms with Crippen molar-refractivity contribution >= 4 is 58.2 Å². The smallest absolute Gasteiger partial charge is 0.279 e. The number of aryl methyl sites for hydroxylation is 2. The summed E-state index contributed by atoms with van der Waals surface area (Å²) in [6.45, 7) is 3.50. The van der Waals surface area contributed by atoms with E-state index in [4.69, 9.17) is 0 Å². The van der Waals surface area contributed by atoms with E-state index < -0.39 is 15.6 Å². The van der Waals surface area contributed by atoms with Crippen LogP contribution in [-0.4, -0.2) is 17.8 Å². The van der Waals surface area contributed by atoms with Crippen molar-refractivity contribution in [3.8, 4) is 0 Å². The molecule has 4 aromatic rings. The molecule has 138 valence electrons. The van der Waals surface area contributed by atoms with Crippen LogP contribution in [0.25, 0.3) is 15.2 Å². The second kappa shape index (κ2) is 6.43. The SMILES string of the molecule is Cc1ccc2c(c1)sc1nc(C)c(S(=O)(=O)Nc3ccc(Br)cc3)c(=O)n12. The van der Waals surface area contributed by atoms with E-state index in [1.165, 1.54) is 22.7 Å². The molecule has 0 unspecified atom stereocenters. The Morgan fingerprint density at radius 3 is 2.52 bits per heavy atom. The highest BCUT2D eigenvalue weighted by Crippen LogP contribution is 2.26. The molecule has 0 radical (unpaired) electrons. The lowest BCUT2D eigenvalue weighted by molar-refractivity contribution is 0.598. The molecule has 0 saturated heterocycles. The molecule has 27 heavy (non-hydrogen) atoms. The zero-order valence-corrected chi connectivity index (χ0v) is 17.6. The van der Waals surface area contributed by atoms with Gasteiger partial charge in [-0.05, 0) is 55.8 Å². The number of rotatable bonds is 3. The normalized spacial score (nSPS) is 12.0. The fraction of sp³-hybridized carbons (Fsp3) is 0.111. The fourth-order valence-corrected chi connectivity index (χ4v) is 5.62. The van der Waals surface area contributed by atoms with E-state index >= 15 is 0 Å². The third kappa shape index (κ3) is 3.15. The van der Waals surface area contributed by atoms with Crippen molar-refractivity contribution in [2.45, 2.75) is 18.7 Å². The van der Waals surface area contributed by atoms with Gasteiger partial charge >= 0.3 is 0 Å². The number of hydrogen-bond donors (Lipinski definition) is 1. The van der Waals surface area contributed by atoms with Gasteiger partial charge in [-0.3, -0.25) is 9.52 Å². The van der Waals surface area contributed by atoms with Crippen LogP contribution in [0.1, 0.15) is 11.3 Å². The van der Waals surface area contributed by atoms with Crippen molar-refractivity contribution in [1.82, 2.24) is 9.38 Å². The van der Waals surface area contributed by atoms with E-state index in [9.17, 15) is 13.2 Å². The second-order valence-electron chi connectivity index (χ2n) is 6.14. The number of hydrogen-bond acceptors (Lipinski definition) is 5. The Morgan fingerprint density at radius 2 is 1.81 bits per heavy atom. The Kier molecular flexibility index (Phi) is 4.32. The molecule has 0 aliphatic heterocycles. The van der Waals surface area contributed by atoms with Crippen LogP contribution in [0, 0.1) is 13.8 Å². The molecule has 9 heteroatoms. The van der Waals surface area contributed by atoms with Crippen molar-refractivity contribution in [2.75, 3.05) is 4.72 Å². The Hall–Kier alpha value is -2.23. The van der Waals surface area contributed by atoms with Gasteiger partial charge in [0.05, 0.1) is 15.9 Å². The molecule has 1 N–H and O–H groups in total. The summed E-state index contributed by atoms with van der Waals surface area (Å²) in [4.78, 5) is 17.6. The van der Waals surface area contributed by atoms with Crippen LogP contribution in [0.4, 0.5) is 5.69 Å². The lowest BCUT2D eigenvalue weighted by atomic mass is 10.2. The molecule has 0 aliphatic carbocycles. The number of anilines is 1. The van der Waals surface area contributed by atoms with Crippen LogP contribution in [0.3, 0.4) is 0 Å². The number of sulfonamides is 1. The van der Waals surface area contributed by atoms with Crippen LogP contribution in [0.5, 0.6) is 0 Å². The molecule has 0 bridgehead atoms. The number of thiazole rings is 1. The maximum Gasteiger partial charge on any atom is 0.280 e. The van der Waals surface area contributed by atoms with E-state index in [-0.39, 0.29) is 10.6 Å². The number of halogens is 1. The molecule has 2 aromatic heterocycles. The van der Waals surface area contributed by atoms with Crippen molar-refractivity contribution in [3.63, 3.8) is 0 Å². The number of aromatic nitrogens is 2. The topological polar surface area (TPSA) is 80.5 Å². The molecule has 6 nitrogen and oxygen atoms in total. The quantitative estimate of drug-likeness (QED) is 0.495. The first kappa shape index (κ1) is 18.1. The second-order valence-corrected chi connectivity index (χ2v) is 9.68. The largest absolute Gasteiger partial charge is 0.280 e.